The van der Waals surface area contributed by atoms with Crippen molar-refractivity contribution >= 4 is 5.91 Å². The van der Waals surface area contributed by atoms with E-state index in [2.05, 4.69) is 0 Å². The number of rotatable bonds is 4. The smallest absolute Gasteiger partial charge is 0.337 e. The molecule has 0 aliphatic heterocycles. The molecule has 106 valence electrons. The van der Waals surface area contributed by atoms with Gasteiger partial charge in [0.25, 0.3) is 5.91 Å². The Labute approximate surface area is 103 Å². The molecular formula is C11H18F4N2O. The van der Waals surface area contributed by atoms with Crippen molar-refractivity contribution in [2.24, 2.45) is 11.7 Å². The Morgan fingerprint density at radius 1 is 1.39 bits per heavy atom. The molecule has 0 aromatic carbocycles. The van der Waals surface area contributed by atoms with Crippen LogP contribution in [0, 0.1) is 5.92 Å². The van der Waals surface area contributed by atoms with E-state index in [0.717, 1.165) is 31.2 Å². The Morgan fingerprint density at radius 3 is 2.44 bits per heavy atom. The van der Waals surface area contributed by atoms with Gasteiger partial charge in [0.2, 0.25) is 0 Å². The van der Waals surface area contributed by atoms with Crippen LogP contribution in [-0.4, -0.2) is 42.8 Å². The van der Waals surface area contributed by atoms with E-state index >= 15 is 0 Å². The molecule has 0 heterocycles. The van der Waals surface area contributed by atoms with Gasteiger partial charge in [0.05, 0.1) is 0 Å². The van der Waals surface area contributed by atoms with E-state index in [-0.39, 0.29) is 12.5 Å². The summed E-state index contributed by atoms with van der Waals surface area (Å²) in [4.78, 5) is 12.2. The summed E-state index contributed by atoms with van der Waals surface area (Å²) in [5.41, 5.74) is 5.53. The summed E-state index contributed by atoms with van der Waals surface area (Å²) in [5.74, 6) is -6.53. The Hall–Kier alpha value is -0.850. The summed E-state index contributed by atoms with van der Waals surface area (Å²) in [6.07, 6.45) is -1.000. The summed E-state index contributed by atoms with van der Waals surface area (Å²) in [7, 11) is 1.15. The number of amides is 1. The van der Waals surface area contributed by atoms with Gasteiger partial charge in [-0.3, -0.25) is 4.79 Å². The van der Waals surface area contributed by atoms with Crippen molar-refractivity contribution < 1.29 is 22.4 Å². The lowest BCUT2D eigenvalue weighted by molar-refractivity contribution is -0.182. The number of hydrogen-bond acceptors (Lipinski definition) is 2. The number of halogens is 4. The van der Waals surface area contributed by atoms with Gasteiger partial charge < -0.3 is 10.6 Å². The first-order valence-corrected chi connectivity index (χ1v) is 5.95. The molecule has 0 spiro atoms. The second-order valence-corrected chi connectivity index (χ2v) is 4.69. The minimum atomic E-state index is -4.62. The maximum atomic E-state index is 13.0. The maximum Gasteiger partial charge on any atom is 0.383 e. The highest BCUT2D eigenvalue weighted by atomic mass is 19.3. The SMILES string of the molecule is CN(C(=O)C(F)(F)C(F)F)C1CCCCC1CN. The van der Waals surface area contributed by atoms with Crippen molar-refractivity contribution in [2.45, 2.75) is 44.1 Å². The topological polar surface area (TPSA) is 46.3 Å². The van der Waals surface area contributed by atoms with Gasteiger partial charge in [-0.05, 0) is 25.3 Å². The van der Waals surface area contributed by atoms with E-state index in [0.29, 0.717) is 6.42 Å². The molecule has 1 fully saturated rings. The highest BCUT2D eigenvalue weighted by Gasteiger charge is 2.52. The standard InChI is InChI=1S/C11H18F4N2O/c1-17(10(18)11(14,15)9(12)13)8-5-3-2-4-7(8)6-16/h7-9H,2-6,16H2,1H3. The largest absolute Gasteiger partial charge is 0.383 e. The molecule has 0 radical (unpaired) electrons. The van der Waals surface area contributed by atoms with Crippen molar-refractivity contribution in [1.82, 2.24) is 4.90 Å². The zero-order valence-corrected chi connectivity index (χ0v) is 10.2. The summed E-state index contributed by atoms with van der Waals surface area (Å²) < 4.78 is 50.3. The maximum absolute atomic E-state index is 13.0. The van der Waals surface area contributed by atoms with E-state index in [1.54, 1.807) is 0 Å². The van der Waals surface area contributed by atoms with Gasteiger partial charge in [-0.15, -0.1) is 0 Å². The van der Waals surface area contributed by atoms with Gasteiger partial charge in [-0.2, -0.15) is 8.78 Å². The fourth-order valence-corrected chi connectivity index (χ4v) is 2.45. The van der Waals surface area contributed by atoms with E-state index in [9.17, 15) is 22.4 Å². The van der Waals surface area contributed by atoms with Gasteiger partial charge in [-0.25, -0.2) is 8.78 Å². The van der Waals surface area contributed by atoms with Gasteiger partial charge in [0.15, 0.2) is 0 Å². The van der Waals surface area contributed by atoms with Crippen LogP contribution in [-0.2, 0) is 4.79 Å². The Balaban J connectivity index is 2.79. The molecule has 2 N–H and O–H groups in total. The van der Waals surface area contributed by atoms with Crippen LogP contribution >= 0.6 is 0 Å². The molecule has 7 heteroatoms. The van der Waals surface area contributed by atoms with Crippen LogP contribution in [0.1, 0.15) is 25.7 Å². The second kappa shape index (κ2) is 5.86. The summed E-state index contributed by atoms with van der Waals surface area (Å²) in [6.45, 7) is 0.266. The molecule has 0 aromatic rings. The predicted molar refractivity (Wildman–Crippen MR) is 58.5 cm³/mol. The third-order valence-corrected chi connectivity index (χ3v) is 3.55. The molecule has 0 saturated heterocycles. The van der Waals surface area contributed by atoms with E-state index in [1.165, 1.54) is 0 Å². The minimum absolute atomic E-state index is 0.0961. The molecule has 1 aliphatic carbocycles. The van der Waals surface area contributed by atoms with Gasteiger partial charge in [-0.1, -0.05) is 12.8 Å². The molecular weight excluding hydrogens is 252 g/mol. The highest BCUT2D eigenvalue weighted by Crippen LogP contribution is 2.31. The monoisotopic (exact) mass is 270 g/mol. The molecule has 1 rings (SSSR count). The number of nitrogens with two attached hydrogens (primary N) is 1. The molecule has 2 unspecified atom stereocenters. The Kier molecular flexibility index (Phi) is 4.95. The lowest BCUT2D eigenvalue weighted by Gasteiger charge is -2.38. The molecule has 0 aromatic heterocycles. The number of nitrogens with zero attached hydrogens (tertiary/aromatic N) is 1. The number of hydrogen-bond donors (Lipinski definition) is 1. The van der Waals surface area contributed by atoms with Gasteiger partial charge in [0, 0.05) is 13.1 Å². The molecule has 1 aliphatic rings. The molecule has 1 saturated carbocycles. The van der Waals surface area contributed by atoms with Gasteiger partial charge >= 0.3 is 12.3 Å². The zero-order chi connectivity index (χ0) is 13.9. The molecule has 3 nitrogen and oxygen atoms in total. The third-order valence-electron chi connectivity index (χ3n) is 3.55. The molecule has 1 amide bonds. The molecule has 0 bridgehead atoms. The average molecular weight is 270 g/mol. The zero-order valence-electron chi connectivity index (χ0n) is 10.2. The second-order valence-electron chi connectivity index (χ2n) is 4.69. The summed E-state index contributed by atoms with van der Waals surface area (Å²) >= 11 is 0. The van der Waals surface area contributed by atoms with Crippen molar-refractivity contribution in [1.29, 1.82) is 0 Å². The van der Waals surface area contributed by atoms with Crippen molar-refractivity contribution in [3.63, 3.8) is 0 Å². The lowest BCUT2D eigenvalue weighted by atomic mass is 9.83. The van der Waals surface area contributed by atoms with Crippen LogP contribution in [0.2, 0.25) is 0 Å². The summed E-state index contributed by atoms with van der Waals surface area (Å²) in [6, 6.07) is -0.471. The quantitative estimate of drug-likeness (QED) is 0.793. The Bertz CT molecular complexity index is 299. The van der Waals surface area contributed by atoms with Crippen LogP contribution in [0.25, 0.3) is 0 Å². The minimum Gasteiger partial charge on any atom is -0.337 e. The van der Waals surface area contributed by atoms with Crippen LogP contribution < -0.4 is 5.73 Å². The van der Waals surface area contributed by atoms with Crippen molar-refractivity contribution in [3.8, 4) is 0 Å². The fourth-order valence-electron chi connectivity index (χ4n) is 2.45. The van der Waals surface area contributed by atoms with Gasteiger partial charge in [0.1, 0.15) is 0 Å². The molecule has 2 atom stereocenters. The van der Waals surface area contributed by atoms with E-state index in [4.69, 9.17) is 5.73 Å². The fraction of sp³-hybridized carbons (Fsp3) is 0.909. The number of alkyl halides is 4. The van der Waals surface area contributed by atoms with Crippen LogP contribution in [0.4, 0.5) is 17.6 Å². The van der Waals surface area contributed by atoms with Crippen LogP contribution in [0.15, 0.2) is 0 Å². The first-order chi connectivity index (χ1) is 8.32. The first kappa shape index (κ1) is 15.2. The van der Waals surface area contributed by atoms with Crippen LogP contribution in [0.3, 0.4) is 0 Å². The lowest BCUT2D eigenvalue weighted by Crippen LogP contribution is -2.53. The number of carbonyl (C=O) groups is 1. The predicted octanol–water partition coefficient (Wildman–Crippen LogP) is 1.86. The third kappa shape index (κ3) is 2.93. The molecule has 18 heavy (non-hydrogen) atoms. The average Bonchev–Trinajstić information content (AvgIpc) is 2.36. The number of carbonyl (C=O) groups excluding carboxylic acids is 1. The van der Waals surface area contributed by atoms with Crippen LogP contribution in [0.5, 0.6) is 0 Å². The Morgan fingerprint density at radius 2 is 1.94 bits per heavy atom. The highest BCUT2D eigenvalue weighted by molar-refractivity contribution is 5.84. The van der Waals surface area contributed by atoms with E-state index < -0.39 is 24.3 Å². The first-order valence-electron chi connectivity index (χ1n) is 5.95. The van der Waals surface area contributed by atoms with Crippen molar-refractivity contribution in [3.05, 3.63) is 0 Å². The normalized spacial score (nSPS) is 25.3. The van der Waals surface area contributed by atoms with Crippen molar-refractivity contribution in [2.75, 3.05) is 13.6 Å². The van der Waals surface area contributed by atoms with E-state index in [1.807, 2.05) is 0 Å². The summed E-state index contributed by atoms with van der Waals surface area (Å²) in [5, 5.41) is 0.